The van der Waals surface area contributed by atoms with Crippen molar-refractivity contribution in [3.05, 3.63) is 0 Å². The van der Waals surface area contributed by atoms with E-state index in [0.29, 0.717) is 17.4 Å². The predicted octanol–water partition coefficient (Wildman–Crippen LogP) is 25.7. The summed E-state index contributed by atoms with van der Waals surface area (Å²) in [6.07, 6.45) is 85.4. The van der Waals surface area contributed by atoms with Crippen molar-refractivity contribution in [3.8, 4) is 0 Å². The topological polar surface area (TPSA) is 108 Å². The summed E-state index contributed by atoms with van der Waals surface area (Å²) in [6.45, 7) is 4.54. The summed E-state index contributed by atoms with van der Waals surface area (Å²) in [6, 6.07) is 0. The van der Waals surface area contributed by atoms with Gasteiger partial charge in [0, 0.05) is 12.8 Å². The maximum absolute atomic E-state index is 12.9. The van der Waals surface area contributed by atoms with Crippen LogP contribution in [0.1, 0.15) is 431 Å². The molecule has 0 saturated heterocycles. The van der Waals surface area contributed by atoms with Crippen LogP contribution < -0.4 is 0 Å². The first-order chi connectivity index (χ1) is 42.5. The highest BCUT2D eigenvalue weighted by atomic mass is 31.2. The van der Waals surface area contributed by atoms with Gasteiger partial charge in [-0.05, 0) is 12.8 Å². The quantitative estimate of drug-likeness (QED) is 0.0278. The summed E-state index contributed by atoms with van der Waals surface area (Å²) in [4.78, 5) is 36.0. The van der Waals surface area contributed by atoms with Crippen molar-refractivity contribution in [2.45, 2.75) is 437 Å². The molecule has 0 saturated carbocycles. The lowest BCUT2D eigenvalue weighted by molar-refractivity contribution is -0.870. The van der Waals surface area contributed by atoms with E-state index in [1.54, 1.807) is 0 Å². The number of phosphoric acid groups is 1. The SMILES string of the molecule is CCCCCCCCCCCCCCCCCCCCCCCCCCCCCCCCCCC(=O)OC(COC(=O)CCCCCCCCCCCCCCCCCCCCCCCCCCCCCCCCC)COP(=O)(O)OCC[N+](C)(C)C. The molecule has 0 fully saturated rings. The molecule has 0 aromatic heterocycles. The van der Waals surface area contributed by atoms with Crippen LogP contribution in [0.2, 0.25) is 0 Å². The number of hydrogen-bond donors (Lipinski definition) is 1. The average Bonchev–Trinajstić information content (AvgIpc) is 3.50. The van der Waals surface area contributed by atoms with Crippen LogP contribution in [0, 0.1) is 0 Å². The van der Waals surface area contributed by atoms with Crippen LogP contribution in [0.5, 0.6) is 0 Å². The number of unbranched alkanes of at least 4 members (excludes halogenated alkanes) is 61. The van der Waals surface area contributed by atoms with Gasteiger partial charge in [-0.15, -0.1) is 0 Å². The van der Waals surface area contributed by atoms with Gasteiger partial charge in [0.1, 0.15) is 19.8 Å². The first-order valence-electron chi connectivity index (χ1n) is 39.3. The van der Waals surface area contributed by atoms with Crippen LogP contribution in [0.25, 0.3) is 0 Å². The second-order valence-electron chi connectivity index (χ2n) is 28.5. The highest BCUT2D eigenvalue weighted by Gasteiger charge is 2.27. The van der Waals surface area contributed by atoms with E-state index in [0.717, 1.165) is 38.5 Å². The second-order valence-corrected chi connectivity index (χ2v) is 29.9. The lowest BCUT2D eigenvalue weighted by atomic mass is 10.0. The molecule has 0 radical (unpaired) electrons. The maximum Gasteiger partial charge on any atom is 0.472 e. The first-order valence-corrected chi connectivity index (χ1v) is 40.8. The van der Waals surface area contributed by atoms with Gasteiger partial charge >= 0.3 is 19.8 Å². The molecule has 0 spiro atoms. The van der Waals surface area contributed by atoms with Crippen LogP contribution in [-0.2, 0) is 32.7 Å². The zero-order valence-electron chi connectivity index (χ0n) is 59.6. The van der Waals surface area contributed by atoms with Gasteiger partial charge < -0.3 is 18.9 Å². The van der Waals surface area contributed by atoms with Crippen LogP contribution in [0.15, 0.2) is 0 Å². The van der Waals surface area contributed by atoms with Crippen molar-refractivity contribution in [1.29, 1.82) is 0 Å². The van der Waals surface area contributed by atoms with Gasteiger partial charge in [0.25, 0.3) is 0 Å². The van der Waals surface area contributed by atoms with E-state index in [4.69, 9.17) is 18.5 Å². The zero-order chi connectivity index (χ0) is 63.4. The number of carbonyl (C=O) groups excluding carboxylic acids is 2. The molecule has 9 nitrogen and oxygen atoms in total. The summed E-state index contributed by atoms with van der Waals surface area (Å²) in [5, 5.41) is 0. The molecule has 0 aliphatic heterocycles. The fraction of sp³-hybridized carbons (Fsp3) is 0.974. The molecule has 1 N–H and O–H groups in total. The summed E-state index contributed by atoms with van der Waals surface area (Å²) in [7, 11) is 1.51. The third kappa shape index (κ3) is 73.9. The normalized spacial score (nSPS) is 12.9. The molecule has 520 valence electrons. The lowest BCUT2D eigenvalue weighted by Gasteiger charge is -2.24. The number of hydrogen-bond acceptors (Lipinski definition) is 7. The van der Waals surface area contributed by atoms with Crippen LogP contribution in [0.3, 0.4) is 0 Å². The van der Waals surface area contributed by atoms with Gasteiger partial charge in [0.05, 0.1) is 27.7 Å². The molecule has 10 heteroatoms. The van der Waals surface area contributed by atoms with E-state index in [1.165, 1.54) is 366 Å². The molecule has 0 aromatic rings. The molecular formula is C77H155NO8P+. The van der Waals surface area contributed by atoms with Crippen LogP contribution in [0.4, 0.5) is 0 Å². The molecule has 0 aliphatic carbocycles. The maximum atomic E-state index is 12.9. The van der Waals surface area contributed by atoms with Crippen molar-refractivity contribution in [2.24, 2.45) is 0 Å². The third-order valence-electron chi connectivity index (χ3n) is 18.4. The molecule has 2 unspecified atom stereocenters. The van der Waals surface area contributed by atoms with Crippen LogP contribution >= 0.6 is 7.82 Å². The third-order valence-corrected chi connectivity index (χ3v) is 19.4. The minimum absolute atomic E-state index is 0.0378. The van der Waals surface area contributed by atoms with E-state index < -0.39 is 26.5 Å². The predicted molar refractivity (Wildman–Crippen MR) is 377 cm³/mol. The van der Waals surface area contributed by atoms with Gasteiger partial charge in [0.2, 0.25) is 0 Å². The number of carbonyl (C=O) groups is 2. The number of phosphoric ester groups is 1. The fourth-order valence-electron chi connectivity index (χ4n) is 12.4. The standard InChI is InChI=1S/C77H154NO8P/c1-6-8-10-12-14-16-18-20-22-24-26-28-30-32-34-36-38-40-42-44-46-48-50-52-54-56-58-60-62-64-66-68-70-77(80)86-75(74-85-87(81,82)84-72-71-78(3,4)5)73-83-76(79)69-67-65-63-61-59-57-55-53-51-49-47-45-43-41-39-37-35-33-31-29-27-25-23-21-19-17-15-13-11-9-7-2/h75H,6-74H2,1-5H3/p+1. The Balaban J connectivity index is 3.90. The Bertz CT molecular complexity index is 1420. The number of quaternary nitrogens is 1. The molecular weight excluding hydrogens is 1100 g/mol. The first kappa shape index (κ1) is 86.0. The summed E-state index contributed by atoms with van der Waals surface area (Å²) >= 11 is 0. The summed E-state index contributed by atoms with van der Waals surface area (Å²) < 4.78 is 34.8. The molecule has 87 heavy (non-hydrogen) atoms. The number of likely N-dealkylation sites (N-methyl/N-ethyl adjacent to an activating group) is 1. The monoisotopic (exact) mass is 1250 g/mol. The zero-order valence-corrected chi connectivity index (χ0v) is 60.5. The molecule has 0 aromatic carbocycles. The van der Waals surface area contributed by atoms with E-state index in [-0.39, 0.29) is 25.6 Å². The van der Waals surface area contributed by atoms with Gasteiger partial charge in [-0.1, -0.05) is 406 Å². The molecule has 0 rings (SSSR count). The van der Waals surface area contributed by atoms with Crippen molar-refractivity contribution in [2.75, 3.05) is 47.5 Å². The van der Waals surface area contributed by atoms with Crippen LogP contribution in [-0.4, -0.2) is 74.9 Å². The lowest BCUT2D eigenvalue weighted by Crippen LogP contribution is -2.37. The Morgan fingerprint density at radius 3 is 0.736 bits per heavy atom. The number of esters is 2. The van der Waals surface area contributed by atoms with Gasteiger partial charge in [-0.2, -0.15) is 0 Å². The minimum Gasteiger partial charge on any atom is -0.462 e. The fourth-order valence-corrected chi connectivity index (χ4v) is 13.1. The van der Waals surface area contributed by atoms with E-state index in [2.05, 4.69) is 13.8 Å². The van der Waals surface area contributed by atoms with E-state index >= 15 is 0 Å². The Morgan fingerprint density at radius 2 is 0.517 bits per heavy atom. The number of rotatable bonds is 75. The summed E-state index contributed by atoms with van der Waals surface area (Å²) in [5.74, 6) is -0.765. The molecule has 2 atom stereocenters. The largest absolute Gasteiger partial charge is 0.472 e. The van der Waals surface area contributed by atoms with Gasteiger partial charge in [-0.3, -0.25) is 18.6 Å². The molecule has 0 heterocycles. The van der Waals surface area contributed by atoms with Gasteiger partial charge in [-0.25, -0.2) is 4.57 Å². The number of ether oxygens (including phenoxy) is 2. The average molecular weight is 1250 g/mol. The highest BCUT2D eigenvalue weighted by Crippen LogP contribution is 2.43. The molecule has 0 bridgehead atoms. The molecule has 0 amide bonds. The smallest absolute Gasteiger partial charge is 0.462 e. The number of nitrogens with zero attached hydrogens (tertiary/aromatic N) is 1. The Labute approximate surface area is 544 Å². The van der Waals surface area contributed by atoms with E-state index in [9.17, 15) is 19.0 Å². The highest BCUT2D eigenvalue weighted by molar-refractivity contribution is 7.47. The van der Waals surface area contributed by atoms with Crippen molar-refractivity contribution < 1.29 is 42.1 Å². The Morgan fingerprint density at radius 1 is 0.310 bits per heavy atom. The van der Waals surface area contributed by atoms with Gasteiger partial charge in [0.15, 0.2) is 6.10 Å². The van der Waals surface area contributed by atoms with Crippen molar-refractivity contribution in [1.82, 2.24) is 0 Å². The Hall–Kier alpha value is -0.990. The van der Waals surface area contributed by atoms with E-state index in [1.807, 2.05) is 21.1 Å². The minimum atomic E-state index is -4.39. The summed E-state index contributed by atoms with van der Waals surface area (Å²) in [5.41, 5.74) is 0. The van der Waals surface area contributed by atoms with Crippen molar-refractivity contribution in [3.63, 3.8) is 0 Å². The second kappa shape index (κ2) is 69.4. The van der Waals surface area contributed by atoms with Crippen molar-refractivity contribution >= 4 is 19.8 Å². The molecule has 0 aliphatic rings. The Kier molecular flexibility index (Phi) is 68.6.